The molecule has 1 aliphatic heterocycles. The highest BCUT2D eigenvalue weighted by molar-refractivity contribution is 5.78. The van der Waals surface area contributed by atoms with Crippen molar-refractivity contribution < 1.29 is 18.0 Å². The molecule has 2 aromatic rings. The van der Waals surface area contributed by atoms with Gasteiger partial charge in [0.05, 0.1) is 18.5 Å². The van der Waals surface area contributed by atoms with Gasteiger partial charge in [-0.15, -0.1) is 0 Å². The van der Waals surface area contributed by atoms with Crippen molar-refractivity contribution in [1.82, 2.24) is 15.3 Å². The largest absolute Gasteiger partial charge is 0.416 e. The molecule has 0 bridgehead atoms. The number of carbonyl (C=O) groups excluding carboxylic acids is 1. The van der Waals surface area contributed by atoms with Crippen molar-refractivity contribution in [3.8, 4) is 0 Å². The third kappa shape index (κ3) is 5.42. The second-order valence-electron chi connectivity index (χ2n) is 6.53. The number of hydrogen-bond donors (Lipinski definition) is 1. The van der Waals surface area contributed by atoms with E-state index in [1.54, 1.807) is 6.20 Å². The van der Waals surface area contributed by atoms with E-state index in [1.807, 2.05) is 6.07 Å². The summed E-state index contributed by atoms with van der Waals surface area (Å²) < 4.78 is 38.2. The molecule has 1 aliphatic rings. The zero-order valence-corrected chi connectivity index (χ0v) is 14.8. The highest BCUT2D eigenvalue weighted by Crippen LogP contribution is 2.29. The third-order valence-electron chi connectivity index (χ3n) is 4.43. The van der Waals surface area contributed by atoms with Gasteiger partial charge in [0.15, 0.2) is 0 Å². The molecule has 8 heteroatoms. The van der Waals surface area contributed by atoms with Crippen molar-refractivity contribution in [3.63, 3.8) is 0 Å². The molecule has 0 spiro atoms. The maximum Gasteiger partial charge on any atom is 0.416 e. The molecule has 0 aliphatic carbocycles. The summed E-state index contributed by atoms with van der Waals surface area (Å²) in [5.74, 6) is 0.948. The van der Waals surface area contributed by atoms with Crippen LogP contribution in [-0.4, -0.2) is 29.0 Å². The lowest BCUT2D eigenvalue weighted by Crippen LogP contribution is -2.31. The Morgan fingerprint density at radius 3 is 2.67 bits per heavy atom. The van der Waals surface area contributed by atoms with E-state index in [0.717, 1.165) is 43.9 Å². The molecule has 0 unspecified atom stereocenters. The van der Waals surface area contributed by atoms with Crippen LogP contribution in [0.5, 0.6) is 0 Å². The molecule has 0 radical (unpaired) electrons. The predicted octanol–water partition coefficient (Wildman–Crippen LogP) is 3.34. The molecule has 0 saturated carbocycles. The Hall–Kier alpha value is -2.64. The molecule has 1 saturated heterocycles. The molecule has 0 atom stereocenters. The molecule has 3 rings (SSSR count). The minimum atomic E-state index is -4.42. The second kappa shape index (κ2) is 8.37. The number of rotatable bonds is 5. The average molecular weight is 378 g/mol. The summed E-state index contributed by atoms with van der Waals surface area (Å²) in [7, 11) is 0. The normalized spacial score (nSPS) is 14.9. The van der Waals surface area contributed by atoms with E-state index in [-0.39, 0.29) is 18.9 Å². The van der Waals surface area contributed by atoms with Crippen molar-refractivity contribution in [1.29, 1.82) is 0 Å². The lowest BCUT2D eigenvalue weighted by molar-refractivity contribution is -0.137. The Balaban J connectivity index is 1.56. The number of nitrogens with one attached hydrogen (secondary N) is 1. The molecule has 144 valence electrons. The zero-order valence-electron chi connectivity index (χ0n) is 14.8. The summed E-state index contributed by atoms with van der Waals surface area (Å²) in [6.07, 6.45) is 0.594. The summed E-state index contributed by atoms with van der Waals surface area (Å²) in [4.78, 5) is 22.9. The van der Waals surface area contributed by atoms with Gasteiger partial charge in [-0.05, 0) is 37.0 Å². The first-order chi connectivity index (χ1) is 12.9. The molecule has 1 aromatic carbocycles. The van der Waals surface area contributed by atoms with Crippen LogP contribution in [0.25, 0.3) is 0 Å². The summed E-state index contributed by atoms with van der Waals surface area (Å²) in [5.41, 5.74) is -0.448. The number of anilines is 1. The number of nitrogens with zero attached hydrogens (tertiary/aromatic N) is 3. The molecule has 1 amide bonds. The van der Waals surface area contributed by atoms with Gasteiger partial charge in [0.1, 0.15) is 11.6 Å². The third-order valence-corrected chi connectivity index (χ3v) is 4.43. The quantitative estimate of drug-likeness (QED) is 0.867. The number of aromatic nitrogens is 2. The van der Waals surface area contributed by atoms with Gasteiger partial charge in [-0.25, -0.2) is 9.97 Å². The molecule has 1 aromatic heterocycles. The monoisotopic (exact) mass is 378 g/mol. The summed E-state index contributed by atoms with van der Waals surface area (Å²) >= 11 is 0. The number of hydrogen-bond acceptors (Lipinski definition) is 4. The Kier molecular flexibility index (Phi) is 5.93. The first kappa shape index (κ1) is 19.1. The summed E-state index contributed by atoms with van der Waals surface area (Å²) in [6, 6.07) is 6.63. The van der Waals surface area contributed by atoms with Crippen LogP contribution in [0.4, 0.5) is 19.0 Å². The average Bonchev–Trinajstić information content (AvgIpc) is 2.67. The van der Waals surface area contributed by atoms with Crippen LogP contribution in [0.2, 0.25) is 0 Å². The van der Waals surface area contributed by atoms with E-state index < -0.39 is 11.7 Å². The number of alkyl halides is 3. The fourth-order valence-electron chi connectivity index (χ4n) is 3.06. The maximum atomic E-state index is 12.7. The van der Waals surface area contributed by atoms with E-state index in [4.69, 9.17) is 0 Å². The van der Waals surface area contributed by atoms with E-state index in [9.17, 15) is 18.0 Å². The molecule has 27 heavy (non-hydrogen) atoms. The van der Waals surface area contributed by atoms with Crippen molar-refractivity contribution in [2.45, 2.75) is 38.4 Å². The predicted molar refractivity (Wildman–Crippen MR) is 95.1 cm³/mol. The van der Waals surface area contributed by atoms with E-state index in [1.165, 1.54) is 18.6 Å². The molecule has 5 nitrogen and oxygen atoms in total. The van der Waals surface area contributed by atoms with Crippen molar-refractivity contribution in [2.24, 2.45) is 0 Å². The lowest BCUT2D eigenvalue weighted by atomic mass is 10.1. The first-order valence-electron chi connectivity index (χ1n) is 8.91. The van der Waals surface area contributed by atoms with E-state index >= 15 is 0 Å². The van der Waals surface area contributed by atoms with Gasteiger partial charge < -0.3 is 10.2 Å². The van der Waals surface area contributed by atoms with Gasteiger partial charge >= 0.3 is 6.18 Å². The van der Waals surface area contributed by atoms with Gasteiger partial charge in [-0.2, -0.15) is 13.2 Å². The zero-order chi connectivity index (χ0) is 19.3. The smallest absolute Gasteiger partial charge is 0.357 e. The van der Waals surface area contributed by atoms with Gasteiger partial charge in [-0.1, -0.05) is 18.2 Å². The molecular formula is C19H21F3N4O. The fourth-order valence-corrected chi connectivity index (χ4v) is 3.06. The standard InChI is InChI=1S/C19H21F3N4O/c20-19(21,22)15-6-4-5-14(11-15)12-18(27)24-13-16-23-8-7-17(25-16)26-9-2-1-3-10-26/h4-8,11H,1-3,9-10,12-13H2,(H,24,27). The van der Waals surface area contributed by atoms with E-state index in [2.05, 4.69) is 20.2 Å². The molecule has 1 fully saturated rings. The van der Waals surface area contributed by atoms with Gasteiger partial charge in [0.25, 0.3) is 0 Å². The van der Waals surface area contributed by atoms with Crippen molar-refractivity contribution >= 4 is 11.7 Å². The minimum absolute atomic E-state index is 0.129. The Morgan fingerprint density at radius 2 is 1.93 bits per heavy atom. The van der Waals surface area contributed by atoms with E-state index in [0.29, 0.717) is 11.4 Å². The van der Waals surface area contributed by atoms with Crippen molar-refractivity contribution in [3.05, 3.63) is 53.5 Å². The van der Waals surface area contributed by atoms with Crippen molar-refractivity contribution in [2.75, 3.05) is 18.0 Å². The van der Waals surface area contributed by atoms with Crippen LogP contribution in [0.1, 0.15) is 36.2 Å². The minimum Gasteiger partial charge on any atom is -0.357 e. The van der Waals surface area contributed by atoms with Gasteiger partial charge in [0.2, 0.25) is 5.91 Å². The lowest BCUT2D eigenvalue weighted by Gasteiger charge is -2.27. The number of amides is 1. The van der Waals surface area contributed by atoms with Crippen LogP contribution < -0.4 is 10.2 Å². The molecule has 2 heterocycles. The van der Waals surface area contributed by atoms with Crippen LogP contribution in [0.15, 0.2) is 36.5 Å². The fraction of sp³-hybridized carbons (Fsp3) is 0.421. The van der Waals surface area contributed by atoms with Crippen LogP contribution >= 0.6 is 0 Å². The molecule has 1 N–H and O–H groups in total. The van der Waals surface area contributed by atoms with Crippen LogP contribution in [0, 0.1) is 0 Å². The SMILES string of the molecule is O=C(Cc1cccc(C(F)(F)F)c1)NCc1nccc(N2CCCCC2)n1. The Bertz CT molecular complexity index is 789. The Morgan fingerprint density at radius 1 is 1.15 bits per heavy atom. The summed E-state index contributed by atoms with van der Waals surface area (Å²) in [6.45, 7) is 2.05. The summed E-state index contributed by atoms with van der Waals surface area (Å²) in [5, 5.41) is 2.67. The number of benzene rings is 1. The second-order valence-corrected chi connectivity index (χ2v) is 6.53. The Labute approximate surface area is 155 Å². The maximum absolute atomic E-state index is 12.7. The number of piperidine rings is 1. The highest BCUT2D eigenvalue weighted by atomic mass is 19.4. The first-order valence-corrected chi connectivity index (χ1v) is 8.91. The number of carbonyl (C=O) groups is 1. The van der Waals surface area contributed by atoms with Gasteiger partial charge in [0, 0.05) is 19.3 Å². The van der Waals surface area contributed by atoms with Crippen LogP contribution in [-0.2, 0) is 23.9 Å². The van der Waals surface area contributed by atoms with Crippen LogP contribution in [0.3, 0.4) is 0 Å². The molecular weight excluding hydrogens is 357 g/mol. The highest BCUT2D eigenvalue weighted by Gasteiger charge is 2.30. The number of halogens is 3. The topological polar surface area (TPSA) is 58.1 Å². The van der Waals surface area contributed by atoms with Gasteiger partial charge in [-0.3, -0.25) is 4.79 Å².